The summed E-state index contributed by atoms with van der Waals surface area (Å²) in [6.07, 6.45) is 12.7. The number of esters is 1. The first-order valence-corrected chi connectivity index (χ1v) is 14.3. The lowest BCUT2D eigenvalue weighted by Gasteiger charge is -2.65. The van der Waals surface area contributed by atoms with Crippen LogP contribution in [0.3, 0.4) is 0 Å². The van der Waals surface area contributed by atoms with Gasteiger partial charge in [0.25, 0.3) is 0 Å². The summed E-state index contributed by atoms with van der Waals surface area (Å²) in [6, 6.07) is 0. The minimum absolute atomic E-state index is 0.0447. The molecule has 4 fully saturated rings. The fourth-order valence-electron chi connectivity index (χ4n) is 9.99. The molecule has 0 bridgehead atoms. The minimum Gasteiger partial charge on any atom is -0.469 e. The Bertz CT molecular complexity index is 690. The molecule has 0 spiro atoms. The van der Waals surface area contributed by atoms with Crippen LogP contribution in [-0.4, -0.2) is 25.8 Å². The van der Waals surface area contributed by atoms with Gasteiger partial charge in [0.1, 0.15) is 0 Å². The zero-order valence-corrected chi connectivity index (χ0v) is 22.7. The molecule has 0 radical (unpaired) electrons. The van der Waals surface area contributed by atoms with Crippen molar-refractivity contribution in [1.82, 2.24) is 0 Å². The van der Waals surface area contributed by atoms with E-state index in [0.717, 1.165) is 60.9 Å². The van der Waals surface area contributed by atoms with Crippen LogP contribution in [0.15, 0.2) is 0 Å². The Morgan fingerprint density at radius 1 is 1.06 bits per heavy atom. The number of hydrogen-bond acceptors (Lipinski definition) is 3. The summed E-state index contributed by atoms with van der Waals surface area (Å²) in [5, 5.41) is 0. The molecule has 4 saturated carbocycles. The lowest BCUT2D eigenvalue weighted by Crippen LogP contribution is -2.59. The highest BCUT2D eigenvalue weighted by Gasteiger charge is 2.64. The lowest BCUT2D eigenvalue weighted by atomic mass is 9.40. The average molecular weight is 461 g/mol. The molecule has 4 aliphatic rings. The van der Waals surface area contributed by atoms with Crippen molar-refractivity contribution in [3.63, 3.8) is 0 Å². The van der Waals surface area contributed by atoms with E-state index in [-0.39, 0.29) is 5.97 Å². The van der Waals surface area contributed by atoms with Gasteiger partial charge in [-0.1, -0.05) is 41.5 Å². The van der Waals surface area contributed by atoms with E-state index < -0.39 is 0 Å². The lowest BCUT2D eigenvalue weighted by molar-refractivity contribution is -0.172. The molecule has 0 aromatic rings. The van der Waals surface area contributed by atoms with E-state index in [4.69, 9.17) is 9.47 Å². The molecule has 4 aliphatic carbocycles. The van der Waals surface area contributed by atoms with E-state index in [9.17, 15) is 4.79 Å². The Hall–Kier alpha value is -0.570. The van der Waals surface area contributed by atoms with Crippen LogP contribution in [0.4, 0.5) is 0 Å². The van der Waals surface area contributed by atoms with Crippen LogP contribution >= 0.6 is 0 Å². The molecule has 33 heavy (non-hydrogen) atoms. The highest BCUT2D eigenvalue weighted by Crippen LogP contribution is 2.71. The molecule has 0 heterocycles. The van der Waals surface area contributed by atoms with Gasteiger partial charge < -0.3 is 9.47 Å². The van der Waals surface area contributed by atoms with Gasteiger partial charge in [0.2, 0.25) is 0 Å². The third-order valence-corrected chi connectivity index (χ3v) is 11.9. The van der Waals surface area contributed by atoms with Crippen LogP contribution in [0.1, 0.15) is 106 Å². The van der Waals surface area contributed by atoms with Crippen LogP contribution in [0.5, 0.6) is 0 Å². The first kappa shape index (κ1) is 25.5. The Labute approximate surface area is 204 Å². The molecular weight excluding hydrogens is 408 g/mol. The number of hydrogen-bond donors (Lipinski definition) is 0. The normalized spacial score (nSPS) is 47.8. The van der Waals surface area contributed by atoms with Crippen LogP contribution in [-0.2, 0) is 14.3 Å². The van der Waals surface area contributed by atoms with Gasteiger partial charge >= 0.3 is 5.97 Å². The van der Waals surface area contributed by atoms with E-state index >= 15 is 0 Å². The Morgan fingerprint density at radius 2 is 1.82 bits per heavy atom. The van der Waals surface area contributed by atoms with Crippen LogP contribution in [0.2, 0.25) is 0 Å². The number of carbonyl (C=O) groups excluding carboxylic acids is 1. The number of methoxy groups -OCH3 is 1. The van der Waals surface area contributed by atoms with Crippen molar-refractivity contribution < 1.29 is 14.3 Å². The smallest absolute Gasteiger partial charge is 0.305 e. The highest BCUT2D eigenvalue weighted by atomic mass is 16.5. The quantitative estimate of drug-likeness (QED) is 0.368. The van der Waals surface area contributed by atoms with E-state index in [1.165, 1.54) is 52.1 Å². The summed E-state index contributed by atoms with van der Waals surface area (Å²) in [7, 11) is 1.52. The maximum Gasteiger partial charge on any atom is 0.305 e. The second-order valence-electron chi connectivity index (χ2n) is 13.3. The van der Waals surface area contributed by atoms with Crippen LogP contribution in [0, 0.1) is 58.2 Å². The van der Waals surface area contributed by atoms with Crippen LogP contribution in [0.25, 0.3) is 0 Å². The van der Waals surface area contributed by atoms with Gasteiger partial charge in [-0.25, -0.2) is 0 Å². The third-order valence-electron chi connectivity index (χ3n) is 11.9. The molecule has 190 valence electrons. The first-order chi connectivity index (χ1) is 15.7. The third kappa shape index (κ3) is 4.31. The SMILES string of the molecule is CCCOC1CCC2(C)C(C1)C[C@@H](C)C1C2C[C@H](C)C2(C)C(C(C)CCC(=O)OC)CCC12. The van der Waals surface area contributed by atoms with Crippen molar-refractivity contribution in [2.24, 2.45) is 58.2 Å². The van der Waals surface area contributed by atoms with Gasteiger partial charge in [-0.05, 0) is 116 Å². The predicted molar refractivity (Wildman–Crippen MR) is 135 cm³/mol. The molecular formula is C30H52O3. The van der Waals surface area contributed by atoms with Gasteiger partial charge in [-0.2, -0.15) is 0 Å². The topological polar surface area (TPSA) is 35.5 Å². The zero-order chi connectivity index (χ0) is 24.0. The largest absolute Gasteiger partial charge is 0.469 e. The van der Waals surface area contributed by atoms with E-state index in [1.807, 2.05) is 0 Å². The minimum atomic E-state index is -0.0447. The average Bonchev–Trinajstić information content (AvgIpc) is 3.15. The molecule has 3 heteroatoms. The predicted octanol–water partition coefficient (Wildman–Crippen LogP) is 7.52. The molecule has 0 N–H and O–H groups in total. The maximum absolute atomic E-state index is 11.8. The van der Waals surface area contributed by atoms with E-state index in [1.54, 1.807) is 0 Å². The van der Waals surface area contributed by atoms with E-state index in [0.29, 0.717) is 29.3 Å². The van der Waals surface area contributed by atoms with Gasteiger partial charge in [0, 0.05) is 13.0 Å². The number of carbonyl (C=O) groups is 1. The number of rotatable bonds is 7. The first-order valence-electron chi connectivity index (χ1n) is 14.3. The van der Waals surface area contributed by atoms with Crippen molar-refractivity contribution in [3.8, 4) is 0 Å². The van der Waals surface area contributed by atoms with Crippen molar-refractivity contribution in [2.75, 3.05) is 13.7 Å². The summed E-state index contributed by atoms with van der Waals surface area (Å²) in [6.45, 7) is 16.1. The zero-order valence-electron chi connectivity index (χ0n) is 22.7. The second-order valence-corrected chi connectivity index (χ2v) is 13.3. The van der Waals surface area contributed by atoms with Gasteiger partial charge in [-0.15, -0.1) is 0 Å². The van der Waals surface area contributed by atoms with Crippen molar-refractivity contribution in [2.45, 2.75) is 112 Å². The molecule has 0 aromatic carbocycles. The molecule has 0 aromatic heterocycles. The summed E-state index contributed by atoms with van der Waals surface area (Å²) in [5.41, 5.74) is 0.934. The molecule has 11 atom stereocenters. The molecule has 9 unspecified atom stereocenters. The van der Waals surface area contributed by atoms with Crippen LogP contribution < -0.4 is 0 Å². The Kier molecular flexibility index (Phi) is 7.60. The Balaban J connectivity index is 1.52. The summed E-state index contributed by atoms with van der Waals surface area (Å²) >= 11 is 0. The van der Waals surface area contributed by atoms with Gasteiger partial charge in [-0.3, -0.25) is 4.79 Å². The highest BCUT2D eigenvalue weighted by molar-refractivity contribution is 5.69. The fourth-order valence-corrected chi connectivity index (χ4v) is 9.99. The maximum atomic E-state index is 11.8. The standard InChI is InChI=1S/C30H52O3/c1-8-15-33-23-13-14-29(5)22(18-23)16-20(3)28-25-11-10-24(19(2)9-12-27(31)32-7)30(25,6)21(4)17-26(28)29/h19-26,28H,8-18H2,1-7H3/t19?,20-,21+,22?,23?,24?,25?,26?,28?,29?,30?/m1/s1. The molecule has 4 rings (SSSR count). The monoisotopic (exact) mass is 460 g/mol. The molecule has 3 nitrogen and oxygen atoms in total. The molecule has 0 aliphatic heterocycles. The summed E-state index contributed by atoms with van der Waals surface area (Å²) in [4.78, 5) is 11.8. The summed E-state index contributed by atoms with van der Waals surface area (Å²) in [5.74, 6) is 6.39. The van der Waals surface area contributed by atoms with Crippen molar-refractivity contribution in [1.29, 1.82) is 0 Å². The second kappa shape index (κ2) is 9.82. The van der Waals surface area contributed by atoms with E-state index in [2.05, 4.69) is 41.5 Å². The fraction of sp³-hybridized carbons (Fsp3) is 0.967. The Morgan fingerprint density at radius 3 is 2.52 bits per heavy atom. The summed E-state index contributed by atoms with van der Waals surface area (Å²) < 4.78 is 11.2. The number of fused-ring (bicyclic) bond motifs is 5. The van der Waals surface area contributed by atoms with Crippen molar-refractivity contribution in [3.05, 3.63) is 0 Å². The van der Waals surface area contributed by atoms with Gasteiger partial charge in [0.15, 0.2) is 0 Å². The van der Waals surface area contributed by atoms with Gasteiger partial charge in [0.05, 0.1) is 13.2 Å². The van der Waals surface area contributed by atoms with Crippen molar-refractivity contribution >= 4 is 5.97 Å². The number of ether oxygens (including phenoxy) is 2. The molecule has 0 amide bonds. The molecule has 0 saturated heterocycles.